The van der Waals surface area contributed by atoms with E-state index in [0.717, 1.165) is 11.3 Å². The molecule has 0 aliphatic heterocycles. The van der Waals surface area contributed by atoms with Crippen LogP contribution in [0.5, 0.6) is 5.75 Å². The summed E-state index contributed by atoms with van der Waals surface area (Å²) >= 11 is 0. The van der Waals surface area contributed by atoms with Crippen molar-refractivity contribution in [3.8, 4) is 17.0 Å². The lowest BCUT2D eigenvalue weighted by atomic mass is 10.1. The number of imidazole rings is 1. The molecule has 0 amide bonds. The highest BCUT2D eigenvalue weighted by molar-refractivity contribution is 5.69. The topological polar surface area (TPSA) is 65.4 Å². The highest BCUT2D eigenvalue weighted by atomic mass is 16.5. The fourth-order valence-corrected chi connectivity index (χ4v) is 1.86. The lowest BCUT2D eigenvalue weighted by Crippen LogP contribution is -1.92. The molecule has 90 valence electrons. The maximum Gasteiger partial charge on any atom is 0.234 e. The monoisotopic (exact) mass is 240 g/mol. The highest BCUT2D eigenvalue weighted by Crippen LogP contribution is 2.27. The predicted molar refractivity (Wildman–Crippen MR) is 69.4 cm³/mol. The SMILES string of the molecule is COc1ccc(-c2cn3cccnc3n2)cc1N. The lowest BCUT2D eigenvalue weighted by molar-refractivity contribution is 0.417. The van der Waals surface area contributed by atoms with Crippen LogP contribution in [0.25, 0.3) is 17.0 Å². The zero-order chi connectivity index (χ0) is 12.5. The molecule has 0 atom stereocenters. The summed E-state index contributed by atoms with van der Waals surface area (Å²) in [6, 6.07) is 7.47. The summed E-state index contributed by atoms with van der Waals surface area (Å²) in [4.78, 5) is 8.61. The van der Waals surface area contributed by atoms with Crippen LogP contribution in [-0.2, 0) is 0 Å². The van der Waals surface area contributed by atoms with Crippen molar-refractivity contribution in [2.75, 3.05) is 12.8 Å². The van der Waals surface area contributed by atoms with Crippen LogP contribution in [0.15, 0.2) is 42.9 Å². The van der Waals surface area contributed by atoms with Gasteiger partial charge in [0.25, 0.3) is 0 Å². The van der Waals surface area contributed by atoms with E-state index in [9.17, 15) is 0 Å². The van der Waals surface area contributed by atoms with Gasteiger partial charge in [-0.3, -0.25) is 4.40 Å². The molecule has 0 saturated carbocycles. The zero-order valence-corrected chi connectivity index (χ0v) is 9.87. The first kappa shape index (κ1) is 10.6. The van der Waals surface area contributed by atoms with E-state index in [4.69, 9.17) is 10.5 Å². The van der Waals surface area contributed by atoms with E-state index in [-0.39, 0.29) is 0 Å². The second kappa shape index (κ2) is 4.03. The van der Waals surface area contributed by atoms with Crippen molar-refractivity contribution < 1.29 is 4.74 Å². The minimum Gasteiger partial charge on any atom is -0.495 e. The van der Waals surface area contributed by atoms with Crippen molar-refractivity contribution in [1.82, 2.24) is 14.4 Å². The van der Waals surface area contributed by atoms with Gasteiger partial charge in [-0.05, 0) is 24.3 Å². The first-order valence-electron chi connectivity index (χ1n) is 5.51. The van der Waals surface area contributed by atoms with Gasteiger partial charge in [0.1, 0.15) is 5.75 Å². The molecule has 0 aliphatic carbocycles. The lowest BCUT2D eigenvalue weighted by Gasteiger charge is -2.05. The Hall–Kier alpha value is -2.56. The second-order valence-electron chi connectivity index (χ2n) is 3.91. The summed E-state index contributed by atoms with van der Waals surface area (Å²) in [5, 5.41) is 0. The molecule has 1 aromatic carbocycles. The number of methoxy groups -OCH3 is 1. The zero-order valence-electron chi connectivity index (χ0n) is 9.87. The molecule has 0 aliphatic rings. The van der Waals surface area contributed by atoms with Crippen molar-refractivity contribution in [3.05, 3.63) is 42.9 Å². The third-order valence-electron chi connectivity index (χ3n) is 2.76. The fraction of sp³-hybridized carbons (Fsp3) is 0.0769. The minimum atomic E-state index is 0.597. The van der Waals surface area contributed by atoms with E-state index in [1.54, 1.807) is 13.3 Å². The summed E-state index contributed by atoms with van der Waals surface area (Å²) in [6.07, 6.45) is 5.55. The number of nitrogens with zero attached hydrogens (tertiary/aromatic N) is 3. The van der Waals surface area contributed by atoms with Crippen LogP contribution < -0.4 is 10.5 Å². The molecule has 5 heteroatoms. The molecule has 0 bridgehead atoms. The summed E-state index contributed by atoms with van der Waals surface area (Å²) in [6.45, 7) is 0. The fourth-order valence-electron chi connectivity index (χ4n) is 1.86. The Morgan fingerprint density at radius 3 is 2.94 bits per heavy atom. The quantitative estimate of drug-likeness (QED) is 0.696. The number of ether oxygens (including phenoxy) is 1. The Morgan fingerprint density at radius 2 is 2.22 bits per heavy atom. The van der Waals surface area contributed by atoms with Crippen molar-refractivity contribution >= 4 is 11.5 Å². The van der Waals surface area contributed by atoms with Gasteiger partial charge >= 0.3 is 0 Å². The van der Waals surface area contributed by atoms with Crippen LogP contribution in [0.4, 0.5) is 5.69 Å². The largest absolute Gasteiger partial charge is 0.495 e. The molecule has 0 fully saturated rings. The number of rotatable bonds is 2. The standard InChI is InChI=1S/C13H12N4O/c1-18-12-4-3-9(7-10(12)14)11-8-17-6-2-5-15-13(17)16-11/h2-8H,14H2,1H3. The Morgan fingerprint density at radius 1 is 1.33 bits per heavy atom. The second-order valence-corrected chi connectivity index (χ2v) is 3.91. The number of hydrogen-bond donors (Lipinski definition) is 1. The summed E-state index contributed by atoms with van der Waals surface area (Å²) in [5.74, 6) is 1.34. The van der Waals surface area contributed by atoms with Crippen LogP contribution in [0.1, 0.15) is 0 Å². The molecule has 2 N–H and O–H groups in total. The first-order chi connectivity index (χ1) is 8.78. The number of fused-ring (bicyclic) bond motifs is 1. The maximum atomic E-state index is 5.89. The third-order valence-corrected chi connectivity index (χ3v) is 2.76. The molecule has 2 aromatic heterocycles. The third kappa shape index (κ3) is 1.66. The van der Waals surface area contributed by atoms with Gasteiger partial charge in [-0.15, -0.1) is 0 Å². The average molecular weight is 240 g/mol. The van der Waals surface area contributed by atoms with Gasteiger partial charge in [-0.2, -0.15) is 0 Å². The number of anilines is 1. The van der Waals surface area contributed by atoms with E-state index in [0.29, 0.717) is 17.2 Å². The number of nitrogen functional groups attached to an aromatic ring is 1. The first-order valence-corrected chi connectivity index (χ1v) is 5.51. The van der Waals surface area contributed by atoms with E-state index >= 15 is 0 Å². The van der Waals surface area contributed by atoms with Crippen LogP contribution in [-0.4, -0.2) is 21.5 Å². The van der Waals surface area contributed by atoms with Gasteiger partial charge in [-0.25, -0.2) is 9.97 Å². The van der Waals surface area contributed by atoms with Crippen molar-refractivity contribution in [2.45, 2.75) is 0 Å². The Balaban J connectivity index is 2.11. The summed E-state index contributed by atoms with van der Waals surface area (Å²) in [5.41, 5.74) is 8.26. The van der Waals surface area contributed by atoms with Gasteiger partial charge in [0, 0.05) is 24.2 Å². The molecule has 2 heterocycles. The molecule has 5 nitrogen and oxygen atoms in total. The number of nitrogens with two attached hydrogens (primary N) is 1. The van der Waals surface area contributed by atoms with Crippen LogP contribution in [0.2, 0.25) is 0 Å². The molecular weight excluding hydrogens is 228 g/mol. The molecule has 3 aromatic rings. The van der Waals surface area contributed by atoms with E-state index in [1.165, 1.54) is 0 Å². The van der Waals surface area contributed by atoms with Crippen LogP contribution in [0, 0.1) is 0 Å². The number of aromatic nitrogens is 3. The van der Waals surface area contributed by atoms with Gasteiger partial charge in [0.15, 0.2) is 0 Å². The average Bonchev–Trinajstić information content (AvgIpc) is 2.82. The molecule has 0 radical (unpaired) electrons. The van der Waals surface area contributed by atoms with Gasteiger partial charge in [0.05, 0.1) is 18.5 Å². The van der Waals surface area contributed by atoms with Crippen molar-refractivity contribution in [3.63, 3.8) is 0 Å². The predicted octanol–water partition coefficient (Wildman–Crippen LogP) is 1.99. The van der Waals surface area contributed by atoms with Gasteiger partial charge in [0.2, 0.25) is 5.78 Å². The highest BCUT2D eigenvalue weighted by Gasteiger charge is 2.07. The molecule has 3 rings (SSSR count). The maximum absolute atomic E-state index is 5.89. The number of hydrogen-bond acceptors (Lipinski definition) is 4. The van der Waals surface area contributed by atoms with Crippen LogP contribution in [0.3, 0.4) is 0 Å². The van der Waals surface area contributed by atoms with Gasteiger partial charge < -0.3 is 10.5 Å². The molecule has 0 spiro atoms. The normalized spacial score (nSPS) is 10.7. The molecule has 0 saturated heterocycles. The molecular formula is C13H12N4O. The minimum absolute atomic E-state index is 0.597. The van der Waals surface area contributed by atoms with Crippen molar-refractivity contribution in [1.29, 1.82) is 0 Å². The molecule has 0 unspecified atom stereocenters. The smallest absolute Gasteiger partial charge is 0.234 e. The number of benzene rings is 1. The Kier molecular flexibility index (Phi) is 2.37. The van der Waals surface area contributed by atoms with Crippen LogP contribution >= 0.6 is 0 Å². The van der Waals surface area contributed by atoms with E-state index in [2.05, 4.69) is 9.97 Å². The Labute approximate surface area is 104 Å². The summed E-state index contributed by atoms with van der Waals surface area (Å²) in [7, 11) is 1.60. The Bertz CT molecular complexity index is 672. The molecule has 18 heavy (non-hydrogen) atoms. The van der Waals surface area contributed by atoms with E-state index in [1.807, 2.05) is 41.1 Å². The van der Waals surface area contributed by atoms with Crippen molar-refractivity contribution in [2.24, 2.45) is 0 Å². The van der Waals surface area contributed by atoms with E-state index < -0.39 is 0 Å². The van der Waals surface area contributed by atoms with Gasteiger partial charge in [-0.1, -0.05) is 0 Å². The summed E-state index contributed by atoms with van der Waals surface area (Å²) < 4.78 is 7.00.